The minimum Gasteiger partial charge on any atom is -0.504 e. The summed E-state index contributed by atoms with van der Waals surface area (Å²) in [6.45, 7) is -0.0259. The smallest absolute Gasteiger partial charge is 0.240 e. The number of benzene rings is 1. The van der Waals surface area contributed by atoms with E-state index >= 15 is 0 Å². The molecule has 2 rings (SSSR count). The fourth-order valence-corrected chi connectivity index (χ4v) is 1.44. The van der Waals surface area contributed by atoms with Crippen LogP contribution in [0.1, 0.15) is 5.89 Å². The molecule has 4 N–H and O–H groups in total. The Morgan fingerprint density at radius 1 is 1.47 bits per heavy atom. The van der Waals surface area contributed by atoms with Gasteiger partial charge in [0.05, 0.1) is 11.6 Å². The van der Waals surface area contributed by atoms with Gasteiger partial charge in [-0.05, 0) is 0 Å². The Kier molecular flexibility index (Phi) is 2.86. The van der Waals surface area contributed by atoms with Crippen LogP contribution in [0, 0.1) is 5.82 Å². The Balaban J connectivity index is 2.65. The molecule has 1 heterocycles. The van der Waals surface area contributed by atoms with E-state index < -0.39 is 22.9 Å². The molecule has 0 saturated heterocycles. The van der Waals surface area contributed by atoms with Crippen molar-refractivity contribution in [3.63, 3.8) is 0 Å². The summed E-state index contributed by atoms with van der Waals surface area (Å²) in [6.07, 6.45) is 0. The molecule has 0 aliphatic rings. The standard InChI is InChI=1S/C9H7ClFN3O3/c10-3-1-4(15)8(16)6(7(3)11)9-13-5(2-12)17-14-9/h1,15-16H,2,12H2. The van der Waals surface area contributed by atoms with E-state index in [4.69, 9.17) is 17.3 Å². The highest BCUT2D eigenvalue weighted by atomic mass is 35.5. The lowest BCUT2D eigenvalue weighted by Gasteiger charge is -2.05. The van der Waals surface area contributed by atoms with Gasteiger partial charge < -0.3 is 20.5 Å². The molecule has 0 atom stereocenters. The maximum absolute atomic E-state index is 13.7. The average Bonchev–Trinajstić information content (AvgIpc) is 2.75. The van der Waals surface area contributed by atoms with Crippen molar-refractivity contribution in [1.29, 1.82) is 0 Å². The second-order valence-corrected chi connectivity index (χ2v) is 3.54. The molecule has 0 saturated carbocycles. The predicted octanol–water partition coefficient (Wildman–Crippen LogP) is 1.40. The first kappa shape index (κ1) is 11.6. The van der Waals surface area contributed by atoms with Gasteiger partial charge in [-0.2, -0.15) is 4.98 Å². The molecule has 0 unspecified atom stereocenters. The fourth-order valence-electron chi connectivity index (χ4n) is 1.25. The number of halogens is 2. The van der Waals surface area contributed by atoms with E-state index in [9.17, 15) is 14.6 Å². The highest BCUT2D eigenvalue weighted by Gasteiger charge is 2.22. The maximum Gasteiger partial charge on any atom is 0.240 e. The Hall–Kier alpha value is -1.86. The first-order chi connectivity index (χ1) is 8.04. The van der Waals surface area contributed by atoms with Crippen LogP contribution in [0.25, 0.3) is 11.4 Å². The summed E-state index contributed by atoms with van der Waals surface area (Å²) in [7, 11) is 0. The molecule has 6 nitrogen and oxygen atoms in total. The van der Waals surface area contributed by atoms with Crippen LogP contribution < -0.4 is 5.73 Å². The molecular weight excluding hydrogens is 253 g/mol. The largest absolute Gasteiger partial charge is 0.504 e. The van der Waals surface area contributed by atoms with Gasteiger partial charge in [-0.25, -0.2) is 4.39 Å². The molecule has 0 amide bonds. The molecule has 0 spiro atoms. The lowest BCUT2D eigenvalue weighted by Crippen LogP contribution is -1.96. The normalized spacial score (nSPS) is 10.8. The molecular formula is C9H7ClFN3O3. The van der Waals surface area contributed by atoms with Crippen molar-refractivity contribution in [2.75, 3.05) is 0 Å². The van der Waals surface area contributed by atoms with Crippen LogP contribution in [0.5, 0.6) is 11.5 Å². The molecule has 8 heteroatoms. The van der Waals surface area contributed by atoms with Gasteiger partial charge >= 0.3 is 0 Å². The third-order valence-electron chi connectivity index (χ3n) is 2.04. The van der Waals surface area contributed by atoms with Crippen molar-refractivity contribution in [2.24, 2.45) is 5.73 Å². The highest BCUT2D eigenvalue weighted by Crippen LogP contribution is 2.40. The van der Waals surface area contributed by atoms with Crippen molar-refractivity contribution in [2.45, 2.75) is 6.54 Å². The quantitative estimate of drug-likeness (QED) is 0.704. The van der Waals surface area contributed by atoms with Gasteiger partial charge in [0.15, 0.2) is 17.3 Å². The number of aromatic nitrogens is 2. The summed E-state index contributed by atoms with van der Waals surface area (Å²) >= 11 is 5.52. The number of phenolic OH excluding ortho intramolecular Hbond substituents is 2. The SMILES string of the molecule is NCc1nc(-c2c(O)c(O)cc(Cl)c2F)no1. The Bertz CT molecular complexity index is 547. The van der Waals surface area contributed by atoms with Gasteiger partial charge in [0, 0.05) is 6.07 Å². The average molecular weight is 260 g/mol. The molecule has 1 aromatic heterocycles. The Morgan fingerprint density at radius 2 is 2.18 bits per heavy atom. The van der Waals surface area contributed by atoms with Crippen LogP contribution in [0.4, 0.5) is 4.39 Å². The summed E-state index contributed by atoms with van der Waals surface area (Å²) < 4.78 is 18.4. The zero-order valence-corrected chi connectivity index (χ0v) is 9.07. The molecule has 0 aliphatic carbocycles. The molecule has 0 fully saturated rings. The van der Waals surface area contributed by atoms with Crippen molar-refractivity contribution < 1.29 is 19.1 Å². The Labute approximate surface area is 99.4 Å². The van der Waals surface area contributed by atoms with Crippen molar-refractivity contribution in [1.82, 2.24) is 10.1 Å². The first-order valence-electron chi connectivity index (χ1n) is 4.47. The predicted molar refractivity (Wildman–Crippen MR) is 55.9 cm³/mol. The minimum absolute atomic E-state index is 0.0259. The highest BCUT2D eigenvalue weighted by molar-refractivity contribution is 6.31. The van der Waals surface area contributed by atoms with E-state index in [0.717, 1.165) is 6.07 Å². The van der Waals surface area contributed by atoms with Crippen LogP contribution >= 0.6 is 11.6 Å². The maximum atomic E-state index is 13.7. The fraction of sp³-hybridized carbons (Fsp3) is 0.111. The number of aromatic hydroxyl groups is 2. The topological polar surface area (TPSA) is 105 Å². The number of nitrogens with zero attached hydrogens (tertiary/aromatic N) is 2. The summed E-state index contributed by atoms with van der Waals surface area (Å²) in [4.78, 5) is 3.73. The van der Waals surface area contributed by atoms with Gasteiger partial charge in [-0.1, -0.05) is 16.8 Å². The minimum atomic E-state index is -0.952. The van der Waals surface area contributed by atoms with E-state index in [0.29, 0.717) is 0 Å². The van der Waals surface area contributed by atoms with Gasteiger partial charge in [0.2, 0.25) is 11.7 Å². The number of rotatable bonds is 2. The first-order valence-corrected chi connectivity index (χ1v) is 4.85. The second-order valence-electron chi connectivity index (χ2n) is 3.13. The van der Waals surface area contributed by atoms with Crippen LogP contribution in [-0.2, 0) is 6.54 Å². The molecule has 17 heavy (non-hydrogen) atoms. The molecule has 2 aromatic rings. The van der Waals surface area contributed by atoms with Gasteiger partial charge in [-0.15, -0.1) is 0 Å². The molecule has 90 valence electrons. The summed E-state index contributed by atoms with van der Waals surface area (Å²) in [5, 5.41) is 21.9. The lowest BCUT2D eigenvalue weighted by molar-refractivity contribution is 0.379. The monoisotopic (exact) mass is 259 g/mol. The third-order valence-corrected chi connectivity index (χ3v) is 2.31. The van der Waals surface area contributed by atoms with Crippen LogP contribution in [0.2, 0.25) is 5.02 Å². The number of hydrogen-bond acceptors (Lipinski definition) is 6. The molecule has 0 bridgehead atoms. The van der Waals surface area contributed by atoms with Crippen LogP contribution in [-0.4, -0.2) is 20.4 Å². The van der Waals surface area contributed by atoms with E-state index in [1.807, 2.05) is 0 Å². The zero-order chi connectivity index (χ0) is 12.6. The molecule has 0 radical (unpaired) electrons. The van der Waals surface area contributed by atoms with E-state index in [1.54, 1.807) is 0 Å². The van der Waals surface area contributed by atoms with Gasteiger partial charge in [-0.3, -0.25) is 0 Å². The van der Waals surface area contributed by atoms with Crippen molar-refractivity contribution >= 4 is 11.6 Å². The number of hydrogen-bond donors (Lipinski definition) is 3. The van der Waals surface area contributed by atoms with Crippen molar-refractivity contribution in [3.05, 3.63) is 22.8 Å². The summed E-state index contributed by atoms with van der Waals surface area (Å²) in [5.41, 5.74) is 4.82. The second kappa shape index (κ2) is 4.19. The van der Waals surface area contributed by atoms with E-state index in [-0.39, 0.29) is 23.3 Å². The number of nitrogens with two attached hydrogens (primary N) is 1. The summed E-state index contributed by atoms with van der Waals surface area (Å²) in [6, 6.07) is 0.875. The zero-order valence-electron chi connectivity index (χ0n) is 8.31. The van der Waals surface area contributed by atoms with E-state index in [2.05, 4.69) is 14.7 Å². The number of phenols is 2. The van der Waals surface area contributed by atoms with E-state index in [1.165, 1.54) is 0 Å². The van der Waals surface area contributed by atoms with Crippen LogP contribution in [0.3, 0.4) is 0 Å². The summed E-state index contributed by atoms with van der Waals surface area (Å²) in [5.74, 6) is -2.41. The van der Waals surface area contributed by atoms with Gasteiger partial charge in [0.25, 0.3) is 0 Å². The third kappa shape index (κ3) is 1.90. The lowest BCUT2D eigenvalue weighted by atomic mass is 10.1. The van der Waals surface area contributed by atoms with Crippen molar-refractivity contribution in [3.8, 4) is 22.9 Å². The molecule has 1 aromatic carbocycles. The molecule has 0 aliphatic heterocycles. The Morgan fingerprint density at radius 3 is 2.76 bits per heavy atom. The van der Waals surface area contributed by atoms with Crippen LogP contribution in [0.15, 0.2) is 10.6 Å². The van der Waals surface area contributed by atoms with Gasteiger partial charge in [0.1, 0.15) is 5.56 Å².